The zero-order valence-corrected chi connectivity index (χ0v) is 3.39. The van der Waals surface area contributed by atoms with Crippen LogP contribution in [0.2, 0.25) is 0 Å². The zero-order valence-electron chi connectivity index (χ0n) is 3.39. The Balaban J connectivity index is 2.46. The molecule has 2 nitrogen and oxygen atoms in total. The van der Waals surface area contributed by atoms with Gasteiger partial charge < -0.3 is 5.43 Å². The van der Waals surface area contributed by atoms with Crippen LogP contribution in [0.25, 0.3) is 0 Å². The summed E-state index contributed by atoms with van der Waals surface area (Å²) in [7, 11) is 0. The molecule has 0 aliphatic carbocycles. The van der Waals surface area contributed by atoms with Crippen LogP contribution in [0.4, 0.5) is 0 Å². The summed E-state index contributed by atoms with van der Waals surface area (Å²) in [5.74, 6) is 0. The molecule has 0 atom stereocenters. The Bertz CT molecular complexity index is 71.5. The van der Waals surface area contributed by atoms with Gasteiger partial charge in [-0.3, -0.25) is 0 Å². The summed E-state index contributed by atoms with van der Waals surface area (Å²) in [5, 5.41) is 3.72. The maximum absolute atomic E-state index is 3.72. The second-order valence-corrected chi connectivity index (χ2v) is 1.07. The molecule has 0 radical (unpaired) electrons. The lowest BCUT2D eigenvalue weighted by Gasteiger charge is -1.93. The van der Waals surface area contributed by atoms with E-state index in [1.54, 1.807) is 6.21 Å². The van der Waals surface area contributed by atoms with Crippen molar-refractivity contribution in [3.8, 4) is 0 Å². The molecule has 0 aromatic heterocycles. The van der Waals surface area contributed by atoms with Crippen LogP contribution in [0.5, 0.6) is 0 Å². The van der Waals surface area contributed by atoms with E-state index >= 15 is 0 Å². The van der Waals surface area contributed by atoms with Crippen molar-refractivity contribution >= 4 is 6.21 Å². The molecule has 1 heterocycles. The van der Waals surface area contributed by atoms with Crippen LogP contribution in [0.3, 0.4) is 0 Å². The van der Waals surface area contributed by atoms with E-state index in [0.717, 1.165) is 6.54 Å². The molecule has 32 valence electrons. The molecule has 0 saturated carbocycles. The first-order valence-electron chi connectivity index (χ1n) is 1.91. The fourth-order valence-corrected chi connectivity index (χ4v) is 0.330. The van der Waals surface area contributed by atoms with E-state index < -0.39 is 0 Å². The molecule has 1 N–H and O–H groups in total. The second kappa shape index (κ2) is 1.60. The molecule has 0 aromatic rings. The number of hydrazone groups is 1. The summed E-state index contributed by atoms with van der Waals surface area (Å²) in [6.45, 7) is 0.872. The highest BCUT2D eigenvalue weighted by Crippen LogP contribution is 1.71. The van der Waals surface area contributed by atoms with Gasteiger partial charge in [0.15, 0.2) is 0 Å². The lowest BCUT2D eigenvalue weighted by molar-refractivity contribution is 0.823. The molecular weight excluding hydrogens is 76.1 g/mol. The van der Waals surface area contributed by atoms with Crippen molar-refractivity contribution in [2.75, 3.05) is 6.54 Å². The highest BCUT2D eigenvalue weighted by molar-refractivity contribution is 5.71. The predicted octanol–water partition coefficient (Wildman–Crippen LogP) is 0.132. The fourth-order valence-electron chi connectivity index (χ4n) is 0.330. The summed E-state index contributed by atoms with van der Waals surface area (Å²) in [6, 6.07) is 0. The third-order valence-corrected chi connectivity index (χ3v) is 0.597. The molecule has 0 spiro atoms. The van der Waals surface area contributed by atoms with E-state index in [1.165, 1.54) is 0 Å². The smallest absolute Gasteiger partial charge is 0.0514 e. The van der Waals surface area contributed by atoms with E-state index in [9.17, 15) is 0 Å². The van der Waals surface area contributed by atoms with Gasteiger partial charge in [0.2, 0.25) is 0 Å². The van der Waals surface area contributed by atoms with Crippen molar-refractivity contribution in [3.63, 3.8) is 0 Å². The molecule has 2 heteroatoms. The predicted molar refractivity (Wildman–Crippen MR) is 25.6 cm³/mol. The van der Waals surface area contributed by atoms with Crippen LogP contribution in [-0.2, 0) is 0 Å². The molecule has 0 saturated heterocycles. The van der Waals surface area contributed by atoms with Gasteiger partial charge in [0.05, 0.1) is 6.54 Å². The van der Waals surface area contributed by atoms with Gasteiger partial charge in [-0.05, 0) is 6.08 Å². The van der Waals surface area contributed by atoms with Gasteiger partial charge in [0, 0.05) is 6.21 Å². The van der Waals surface area contributed by atoms with Gasteiger partial charge in [-0.1, -0.05) is 6.08 Å². The van der Waals surface area contributed by atoms with Crippen molar-refractivity contribution in [2.24, 2.45) is 5.10 Å². The van der Waals surface area contributed by atoms with Crippen molar-refractivity contribution in [3.05, 3.63) is 12.2 Å². The SMILES string of the molecule is C1=CCNN=C1. The first-order chi connectivity index (χ1) is 3.00. The molecule has 6 heavy (non-hydrogen) atoms. The van der Waals surface area contributed by atoms with E-state index in [1.807, 2.05) is 12.2 Å². The summed E-state index contributed by atoms with van der Waals surface area (Å²) < 4.78 is 0. The van der Waals surface area contributed by atoms with Crippen molar-refractivity contribution in [1.29, 1.82) is 0 Å². The standard InChI is InChI=1S/C4H6N2/c1-2-4-6-5-3-1/h1-3,6H,4H2. The quantitative estimate of drug-likeness (QED) is 0.441. The molecule has 1 aliphatic rings. The van der Waals surface area contributed by atoms with Gasteiger partial charge in [-0.25, -0.2) is 0 Å². The maximum Gasteiger partial charge on any atom is 0.0514 e. The van der Waals surface area contributed by atoms with E-state index in [0.29, 0.717) is 0 Å². The fraction of sp³-hybridized carbons (Fsp3) is 0.250. The number of hydrogen-bond acceptors (Lipinski definition) is 2. The number of hydrogen-bond donors (Lipinski definition) is 1. The van der Waals surface area contributed by atoms with Gasteiger partial charge in [-0.15, -0.1) is 0 Å². The molecule has 0 bridgehead atoms. The van der Waals surface area contributed by atoms with Gasteiger partial charge in [0.1, 0.15) is 0 Å². The third-order valence-electron chi connectivity index (χ3n) is 0.597. The molecule has 0 unspecified atom stereocenters. The first-order valence-corrected chi connectivity index (χ1v) is 1.91. The normalized spacial score (nSPS) is 17.3. The van der Waals surface area contributed by atoms with Crippen molar-refractivity contribution in [1.82, 2.24) is 5.43 Å². The summed E-state index contributed by atoms with van der Waals surface area (Å²) in [6.07, 6.45) is 5.65. The average molecular weight is 82.1 g/mol. The lowest BCUT2D eigenvalue weighted by Crippen LogP contribution is -2.07. The van der Waals surface area contributed by atoms with Crippen LogP contribution in [-0.4, -0.2) is 12.8 Å². The number of nitrogens with one attached hydrogen (secondary N) is 1. The topological polar surface area (TPSA) is 24.4 Å². The van der Waals surface area contributed by atoms with E-state index in [4.69, 9.17) is 0 Å². The second-order valence-electron chi connectivity index (χ2n) is 1.07. The molecule has 0 aromatic carbocycles. The van der Waals surface area contributed by atoms with Crippen LogP contribution in [0.15, 0.2) is 17.3 Å². The minimum Gasteiger partial charge on any atom is -0.306 e. The monoisotopic (exact) mass is 82.1 g/mol. The Morgan fingerprint density at radius 2 is 2.67 bits per heavy atom. The van der Waals surface area contributed by atoms with Crippen LogP contribution < -0.4 is 5.43 Å². The minimum absolute atomic E-state index is 0.872. The highest BCUT2D eigenvalue weighted by atomic mass is 15.3. The zero-order chi connectivity index (χ0) is 4.24. The van der Waals surface area contributed by atoms with E-state index in [2.05, 4.69) is 10.5 Å². The molecule has 0 amide bonds. The minimum atomic E-state index is 0.872. The highest BCUT2D eigenvalue weighted by Gasteiger charge is 1.74. The number of allylic oxidation sites excluding steroid dienone is 1. The van der Waals surface area contributed by atoms with Gasteiger partial charge >= 0.3 is 0 Å². The Kier molecular flexibility index (Phi) is 0.906. The number of rotatable bonds is 0. The number of nitrogens with zero attached hydrogens (tertiary/aromatic N) is 1. The third kappa shape index (κ3) is 0.578. The van der Waals surface area contributed by atoms with Crippen LogP contribution >= 0.6 is 0 Å². The molecule has 0 fully saturated rings. The lowest BCUT2D eigenvalue weighted by atomic mass is 10.5. The summed E-state index contributed by atoms with van der Waals surface area (Å²) in [5.41, 5.74) is 2.77. The Morgan fingerprint density at radius 3 is 2.83 bits per heavy atom. The van der Waals surface area contributed by atoms with E-state index in [-0.39, 0.29) is 0 Å². The Hall–Kier alpha value is -0.790. The summed E-state index contributed by atoms with van der Waals surface area (Å²) >= 11 is 0. The Morgan fingerprint density at radius 1 is 1.67 bits per heavy atom. The summed E-state index contributed by atoms with van der Waals surface area (Å²) in [4.78, 5) is 0. The molecular formula is C4H6N2. The first kappa shape index (κ1) is 3.40. The average Bonchev–Trinajstić information content (AvgIpc) is 1.72. The Labute approximate surface area is 36.6 Å². The van der Waals surface area contributed by atoms with Crippen LogP contribution in [0, 0.1) is 0 Å². The van der Waals surface area contributed by atoms with Crippen molar-refractivity contribution < 1.29 is 0 Å². The molecule has 1 rings (SSSR count). The molecule has 1 aliphatic heterocycles. The van der Waals surface area contributed by atoms with Crippen molar-refractivity contribution in [2.45, 2.75) is 0 Å². The van der Waals surface area contributed by atoms with Crippen LogP contribution in [0.1, 0.15) is 0 Å². The largest absolute Gasteiger partial charge is 0.306 e. The maximum atomic E-state index is 3.72. The van der Waals surface area contributed by atoms with Gasteiger partial charge in [-0.2, -0.15) is 5.10 Å². The van der Waals surface area contributed by atoms with Gasteiger partial charge in [0.25, 0.3) is 0 Å².